The van der Waals surface area contributed by atoms with Crippen molar-refractivity contribution in [1.82, 2.24) is 4.31 Å². The second-order valence-electron chi connectivity index (χ2n) is 4.44. The molecule has 1 aromatic heterocycles. The van der Waals surface area contributed by atoms with Gasteiger partial charge in [0.05, 0.1) is 11.0 Å². The normalized spacial score (nSPS) is 20.9. The molecule has 20 heavy (non-hydrogen) atoms. The monoisotopic (exact) mass is 321 g/mol. The summed E-state index contributed by atoms with van der Waals surface area (Å²) in [4.78, 5) is 10.1. The molecule has 1 aliphatic heterocycles. The van der Waals surface area contributed by atoms with Gasteiger partial charge in [-0.25, -0.2) is 8.42 Å². The summed E-state index contributed by atoms with van der Waals surface area (Å²) in [5.41, 5.74) is 5.12. The average Bonchev–Trinajstić information content (AvgIpc) is 2.82. The van der Waals surface area contributed by atoms with Crippen molar-refractivity contribution in [2.45, 2.75) is 23.2 Å². The van der Waals surface area contributed by atoms with E-state index in [1.54, 1.807) is 0 Å². The van der Waals surface area contributed by atoms with Crippen molar-refractivity contribution >= 4 is 32.0 Å². The van der Waals surface area contributed by atoms with E-state index in [-0.39, 0.29) is 27.5 Å². The van der Waals surface area contributed by atoms with E-state index in [1.807, 2.05) is 0 Å². The van der Waals surface area contributed by atoms with Gasteiger partial charge >= 0.3 is 5.69 Å². The van der Waals surface area contributed by atoms with Gasteiger partial charge < -0.3 is 10.5 Å². The van der Waals surface area contributed by atoms with Gasteiger partial charge in [0.1, 0.15) is 4.21 Å². The molecule has 0 spiro atoms. The summed E-state index contributed by atoms with van der Waals surface area (Å²) >= 11 is 0.718. The summed E-state index contributed by atoms with van der Waals surface area (Å²) in [6.07, 6.45) is 1.35. The topological polar surface area (TPSA) is 116 Å². The fourth-order valence-corrected chi connectivity index (χ4v) is 4.96. The Morgan fingerprint density at radius 2 is 2.30 bits per heavy atom. The van der Waals surface area contributed by atoms with Gasteiger partial charge in [0.2, 0.25) is 0 Å². The zero-order valence-electron chi connectivity index (χ0n) is 10.8. The quantitative estimate of drug-likeness (QED) is 0.654. The summed E-state index contributed by atoms with van der Waals surface area (Å²) < 4.78 is 31.3. The lowest BCUT2D eigenvalue weighted by Crippen LogP contribution is -2.42. The van der Waals surface area contributed by atoms with Gasteiger partial charge in [-0.15, -0.1) is 0 Å². The summed E-state index contributed by atoms with van der Waals surface area (Å²) in [7, 11) is -2.22. The van der Waals surface area contributed by atoms with E-state index < -0.39 is 14.9 Å². The molecule has 1 unspecified atom stereocenters. The minimum Gasteiger partial charge on any atom is -0.385 e. The van der Waals surface area contributed by atoms with E-state index in [9.17, 15) is 18.5 Å². The average molecular weight is 321 g/mol. The van der Waals surface area contributed by atoms with Crippen molar-refractivity contribution in [2.75, 3.05) is 25.9 Å². The Hall–Kier alpha value is -1.23. The van der Waals surface area contributed by atoms with Crippen molar-refractivity contribution in [3.63, 3.8) is 0 Å². The van der Waals surface area contributed by atoms with Crippen LogP contribution in [0.1, 0.15) is 12.8 Å². The Morgan fingerprint density at radius 1 is 1.60 bits per heavy atom. The number of sulfonamides is 1. The van der Waals surface area contributed by atoms with Crippen LogP contribution in [0.15, 0.2) is 10.3 Å². The van der Waals surface area contributed by atoms with E-state index in [0.717, 1.165) is 23.8 Å². The Labute approximate surface area is 120 Å². The summed E-state index contributed by atoms with van der Waals surface area (Å²) in [5.74, 6) is 0. The Kier molecular flexibility index (Phi) is 4.28. The molecule has 0 bridgehead atoms. The highest BCUT2D eigenvalue weighted by Crippen LogP contribution is 2.36. The van der Waals surface area contributed by atoms with E-state index in [0.29, 0.717) is 13.0 Å². The maximum Gasteiger partial charge on any atom is 0.304 e. The molecule has 0 aromatic carbocycles. The molecule has 112 valence electrons. The minimum atomic E-state index is -3.75. The molecule has 2 N–H and O–H groups in total. The molecular formula is C10H15N3O5S2. The fourth-order valence-electron chi connectivity index (χ4n) is 2.09. The van der Waals surface area contributed by atoms with Crippen molar-refractivity contribution in [3.8, 4) is 0 Å². The number of nitrogens with zero attached hydrogens (tertiary/aromatic N) is 2. The first-order chi connectivity index (χ1) is 9.36. The molecule has 0 saturated carbocycles. The number of nitrogen functional groups attached to an aromatic ring is 1. The Bertz CT molecular complexity index is 612. The molecule has 1 fully saturated rings. The van der Waals surface area contributed by atoms with Crippen molar-refractivity contribution in [2.24, 2.45) is 0 Å². The molecule has 1 saturated heterocycles. The highest BCUT2D eigenvalue weighted by Gasteiger charge is 2.33. The molecule has 2 rings (SSSR count). The van der Waals surface area contributed by atoms with E-state index in [2.05, 4.69) is 0 Å². The third kappa shape index (κ3) is 2.77. The SMILES string of the molecule is COC1CCCN(S(=O)(=O)c2cc([N+](=O)[O-])c(N)s2)C1. The lowest BCUT2D eigenvalue weighted by molar-refractivity contribution is -0.383. The molecule has 1 aliphatic rings. The summed E-state index contributed by atoms with van der Waals surface area (Å²) in [6.45, 7) is 0.637. The maximum atomic E-state index is 12.4. The van der Waals surface area contributed by atoms with Gasteiger partial charge in [-0.3, -0.25) is 10.1 Å². The smallest absolute Gasteiger partial charge is 0.304 e. The fraction of sp³-hybridized carbons (Fsp3) is 0.600. The van der Waals surface area contributed by atoms with Crippen molar-refractivity contribution in [3.05, 3.63) is 16.2 Å². The molecule has 8 nitrogen and oxygen atoms in total. The number of piperidine rings is 1. The van der Waals surface area contributed by atoms with Crippen molar-refractivity contribution in [1.29, 1.82) is 0 Å². The summed E-state index contributed by atoms with van der Waals surface area (Å²) in [6, 6.07) is 1.02. The standard InChI is InChI=1S/C10H15N3O5S2/c1-18-7-3-2-4-12(6-7)20(16,17)9-5-8(13(14)15)10(11)19-9/h5,7H,2-4,6,11H2,1H3. The predicted octanol–water partition coefficient (Wildman–Crippen LogP) is 1.04. The molecule has 2 heterocycles. The van der Waals surface area contributed by atoms with Crippen LogP contribution in [0.3, 0.4) is 0 Å². The lowest BCUT2D eigenvalue weighted by atomic mass is 10.1. The molecule has 0 amide bonds. The number of rotatable bonds is 4. The first-order valence-corrected chi connectivity index (χ1v) is 8.18. The van der Waals surface area contributed by atoms with Crippen LogP contribution >= 0.6 is 11.3 Å². The van der Waals surface area contributed by atoms with Crippen LogP contribution in [-0.4, -0.2) is 43.9 Å². The molecule has 10 heteroatoms. The first-order valence-electron chi connectivity index (χ1n) is 5.93. The number of thiophene rings is 1. The van der Waals surface area contributed by atoms with Crippen LogP contribution in [-0.2, 0) is 14.8 Å². The second kappa shape index (κ2) is 5.64. The van der Waals surface area contributed by atoms with E-state index in [1.165, 1.54) is 11.4 Å². The Balaban J connectivity index is 2.30. The third-order valence-electron chi connectivity index (χ3n) is 3.18. The lowest BCUT2D eigenvalue weighted by Gasteiger charge is -2.30. The number of hydrogen-bond acceptors (Lipinski definition) is 7. The molecule has 1 atom stereocenters. The number of methoxy groups -OCH3 is 1. The van der Waals surface area contributed by atoms with Crippen LogP contribution in [0.2, 0.25) is 0 Å². The third-order valence-corrected chi connectivity index (χ3v) is 6.45. The van der Waals surface area contributed by atoms with Crippen LogP contribution in [0, 0.1) is 10.1 Å². The van der Waals surface area contributed by atoms with Crippen molar-refractivity contribution < 1.29 is 18.1 Å². The van der Waals surface area contributed by atoms with Gasteiger partial charge in [-0.05, 0) is 12.8 Å². The van der Waals surface area contributed by atoms with Crippen LogP contribution in [0.4, 0.5) is 10.7 Å². The highest BCUT2D eigenvalue weighted by molar-refractivity contribution is 7.91. The van der Waals surface area contributed by atoms with Gasteiger partial charge in [-0.2, -0.15) is 4.31 Å². The predicted molar refractivity (Wildman–Crippen MR) is 74.2 cm³/mol. The second-order valence-corrected chi connectivity index (χ2v) is 7.68. The van der Waals surface area contributed by atoms with E-state index in [4.69, 9.17) is 10.5 Å². The van der Waals surface area contributed by atoms with Crippen LogP contribution in [0.5, 0.6) is 0 Å². The largest absolute Gasteiger partial charge is 0.385 e. The van der Waals surface area contributed by atoms with Gasteiger partial charge in [0, 0.05) is 26.3 Å². The maximum absolute atomic E-state index is 12.4. The molecule has 1 aromatic rings. The highest BCUT2D eigenvalue weighted by atomic mass is 32.2. The zero-order chi connectivity index (χ0) is 14.9. The summed E-state index contributed by atoms with van der Waals surface area (Å²) in [5, 5.41) is 10.6. The number of ether oxygens (including phenoxy) is 1. The Morgan fingerprint density at radius 3 is 2.85 bits per heavy atom. The molecular weight excluding hydrogens is 306 g/mol. The number of nitro groups is 1. The van der Waals surface area contributed by atoms with Gasteiger partial charge in [-0.1, -0.05) is 11.3 Å². The number of anilines is 1. The number of nitrogens with two attached hydrogens (primary N) is 1. The minimum absolute atomic E-state index is 0.0987. The van der Waals surface area contributed by atoms with E-state index >= 15 is 0 Å². The van der Waals surface area contributed by atoms with Gasteiger partial charge in [0.15, 0.2) is 5.00 Å². The molecule has 0 radical (unpaired) electrons. The zero-order valence-corrected chi connectivity index (χ0v) is 12.4. The molecule has 0 aliphatic carbocycles. The number of hydrogen-bond donors (Lipinski definition) is 1. The van der Waals surface area contributed by atoms with Crippen LogP contribution in [0.25, 0.3) is 0 Å². The van der Waals surface area contributed by atoms with Crippen LogP contribution < -0.4 is 5.73 Å². The van der Waals surface area contributed by atoms with Gasteiger partial charge in [0.25, 0.3) is 10.0 Å². The first kappa shape index (κ1) is 15.2.